The summed E-state index contributed by atoms with van der Waals surface area (Å²) in [5.74, 6) is 6.03. The lowest BCUT2D eigenvalue weighted by Gasteiger charge is -2.06. The number of aromatic nitrogens is 1. The number of nitrogens with zero attached hydrogens (tertiary/aromatic N) is 1. The summed E-state index contributed by atoms with van der Waals surface area (Å²) in [7, 11) is 0. The quantitative estimate of drug-likeness (QED) is 0.660. The highest BCUT2D eigenvalue weighted by Gasteiger charge is 2.10. The fraction of sp³-hybridized carbons (Fsp3) is 0.263. The van der Waals surface area contributed by atoms with Gasteiger partial charge in [-0.2, -0.15) is 0 Å². The maximum absolute atomic E-state index is 12.4. The number of carbonyl (C=O) groups excluding carboxylic acids is 1. The van der Waals surface area contributed by atoms with Crippen molar-refractivity contribution in [1.29, 1.82) is 0 Å². The zero-order valence-electron chi connectivity index (χ0n) is 12.8. The van der Waals surface area contributed by atoms with Gasteiger partial charge >= 0.3 is 0 Å². The van der Waals surface area contributed by atoms with E-state index in [1.54, 1.807) is 18.5 Å². The molecule has 0 saturated heterocycles. The first-order chi connectivity index (χ1) is 10.8. The van der Waals surface area contributed by atoms with Crippen molar-refractivity contribution in [1.82, 2.24) is 4.98 Å². The summed E-state index contributed by atoms with van der Waals surface area (Å²) in [6.07, 6.45) is 7.56. The molecule has 1 N–H and O–H groups in total. The third kappa shape index (κ3) is 4.75. The van der Waals surface area contributed by atoms with Gasteiger partial charge < -0.3 is 5.32 Å². The van der Waals surface area contributed by atoms with Crippen LogP contribution in [-0.4, -0.2) is 10.9 Å². The molecule has 0 spiro atoms. The number of unbranched alkanes of at least 4 members (excludes halogenated alkanes) is 3. The van der Waals surface area contributed by atoms with Crippen LogP contribution in [0, 0.1) is 11.8 Å². The van der Waals surface area contributed by atoms with Crippen LogP contribution in [0.3, 0.4) is 0 Å². The zero-order valence-corrected chi connectivity index (χ0v) is 12.8. The first-order valence-corrected chi connectivity index (χ1v) is 7.60. The first kappa shape index (κ1) is 15.8. The Hall–Kier alpha value is -2.60. The van der Waals surface area contributed by atoms with E-state index in [2.05, 4.69) is 29.1 Å². The van der Waals surface area contributed by atoms with Crippen molar-refractivity contribution >= 4 is 11.6 Å². The summed E-state index contributed by atoms with van der Waals surface area (Å²) in [4.78, 5) is 16.4. The molecule has 0 aliphatic rings. The van der Waals surface area contributed by atoms with Crippen LogP contribution in [0.4, 0.5) is 5.69 Å². The molecule has 0 radical (unpaired) electrons. The van der Waals surface area contributed by atoms with Gasteiger partial charge in [-0.25, -0.2) is 0 Å². The summed E-state index contributed by atoms with van der Waals surface area (Å²) in [5.41, 5.74) is 2.00. The highest BCUT2D eigenvalue weighted by atomic mass is 16.1. The Bertz CT molecular complexity index is 669. The van der Waals surface area contributed by atoms with E-state index in [0.717, 1.165) is 18.5 Å². The average Bonchev–Trinajstić information content (AvgIpc) is 2.56. The summed E-state index contributed by atoms with van der Waals surface area (Å²) in [6, 6.07) is 11.1. The van der Waals surface area contributed by atoms with E-state index in [1.807, 2.05) is 30.3 Å². The average molecular weight is 292 g/mol. The number of benzene rings is 1. The monoisotopic (exact) mass is 292 g/mol. The molecule has 3 nitrogen and oxygen atoms in total. The molecular formula is C19H20N2O. The summed E-state index contributed by atoms with van der Waals surface area (Å²) < 4.78 is 0. The van der Waals surface area contributed by atoms with Gasteiger partial charge in [-0.15, -0.1) is 0 Å². The predicted molar refractivity (Wildman–Crippen MR) is 89.7 cm³/mol. The third-order valence-electron chi connectivity index (χ3n) is 3.23. The SMILES string of the molecule is CCCCCC#Cc1cnccc1C(=O)Nc1ccccc1. The number of rotatable bonds is 5. The van der Waals surface area contributed by atoms with E-state index in [4.69, 9.17) is 0 Å². The van der Waals surface area contributed by atoms with Gasteiger partial charge in [0.1, 0.15) is 0 Å². The molecule has 1 amide bonds. The minimum atomic E-state index is -0.161. The Morgan fingerprint density at radius 1 is 1.18 bits per heavy atom. The molecule has 0 aliphatic heterocycles. The van der Waals surface area contributed by atoms with E-state index >= 15 is 0 Å². The lowest BCUT2D eigenvalue weighted by Crippen LogP contribution is -2.13. The number of carbonyl (C=O) groups is 1. The Kier molecular flexibility index (Phi) is 6.19. The number of nitrogens with one attached hydrogen (secondary N) is 1. The summed E-state index contributed by atoms with van der Waals surface area (Å²) in [6.45, 7) is 2.17. The molecule has 1 aromatic carbocycles. The van der Waals surface area contributed by atoms with E-state index in [1.165, 1.54) is 12.8 Å². The Balaban J connectivity index is 2.09. The van der Waals surface area contributed by atoms with Crippen LogP contribution in [0.25, 0.3) is 0 Å². The molecule has 0 aliphatic carbocycles. The fourth-order valence-electron chi connectivity index (χ4n) is 2.03. The van der Waals surface area contributed by atoms with Crippen LogP contribution in [0.15, 0.2) is 48.8 Å². The lowest BCUT2D eigenvalue weighted by atomic mass is 10.1. The van der Waals surface area contributed by atoms with Gasteiger partial charge in [0, 0.05) is 24.5 Å². The summed E-state index contributed by atoms with van der Waals surface area (Å²) >= 11 is 0. The molecule has 0 bridgehead atoms. The topological polar surface area (TPSA) is 42.0 Å². The zero-order chi connectivity index (χ0) is 15.6. The normalized spacial score (nSPS) is 9.68. The van der Waals surface area contributed by atoms with Gasteiger partial charge in [0.15, 0.2) is 0 Å². The van der Waals surface area contributed by atoms with Crippen LogP contribution in [0.1, 0.15) is 48.5 Å². The van der Waals surface area contributed by atoms with Gasteiger partial charge in [-0.1, -0.05) is 49.8 Å². The molecule has 22 heavy (non-hydrogen) atoms. The van der Waals surface area contributed by atoms with Gasteiger partial charge in [-0.3, -0.25) is 9.78 Å². The van der Waals surface area contributed by atoms with Crippen molar-refractivity contribution in [2.45, 2.75) is 32.6 Å². The first-order valence-electron chi connectivity index (χ1n) is 7.60. The van der Waals surface area contributed by atoms with Crippen LogP contribution in [0.2, 0.25) is 0 Å². The van der Waals surface area contributed by atoms with Gasteiger partial charge in [0.25, 0.3) is 5.91 Å². The van der Waals surface area contributed by atoms with E-state index < -0.39 is 0 Å². The summed E-state index contributed by atoms with van der Waals surface area (Å²) in [5, 5.41) is 2.87. The smallest absolute Gasteiger partial charge is 0.257 e. The van der Waals surface area contributed by atoms with Crippen molar-refractivity contribution in [2.24, 2.45) is 0 Å². The minimum Gasteiger partial charge on any atom is -0.322 e. The number of hydrogen-bond acceptors (Lipinski definition) is 2. The molecule has 112 valence electrons. The molecular weight excluding hydrogens is 272 g/mol. The molecule has 1 aromatic heterocycles. The number of anilines is 1. The van der Waals surface area contributed by atoms with Crippen molar-refractivity contribution in [3.05, 3.63) is 59.9 Å². The van der Waals surface area contributed by atoms with E-state index in [-0.39, 0.29) is 5.91 Å². The Morgan fingerprint density at radius 2 is 2.00 bits per heavy atom. The second-order valence-electron chi connectivity index (χ2n) is 5.00. The molecule has 2 rings (SSSR count). The van der Waals surface area contributed by atoms with Crippen molar-refractivity contribution < 1.29 is 4.79 Å². The van der Waals surface area contributed by atoms with Crippen molar-refractivity contribution in [2.75, 3.05) is 5.32 Å². The van der Waals surface area contributed by atoms with Crippen LogP contribution >= 0.6 is 0 Å². The van der Waals surface area contributed by atoms with E-state index in [9.17, 15) is 4.79 Å². The van der Waals surface area contributed by atoms with Crippen molar-refractivity contribution in [3.63, 3.8) is 0 Å². The van der Waals surface area contributed by atoms with Crippen LogP contribution in [0.5, 0.6) is 0 Å². The van der Waals surface area contributed by atoms with Crippen molar-refractivity contribution in [3.8, 4) is 11.8 Å². The molecule has 1 heterocycles. The van der Waals surface area contributed by atoms with Gasteiger partial charge in [0.05, 0.1) is 11.1 Å². The molecule has 0 unspecified atom stereocenters. The lowest BCUT2D eigenvalue weighted by molar-refractivity contribution is 0.102. The number of pyridine rings is 1. The Morgan fingerprint density at radius 3 is 2.77 bits per heavy atom. The molecule has 0 saturated carbocycles. The maximum atomic E-state index is 12.4. The van der Waals surface area contributed by atoms with E-state index in [0.29, 0.717) is 11.1 Å². The molecule has 0 fully saturated rings. The number of para-hydroxylation sites is 1. The molecule has 3 heteroatoms. The highest BCUT2D eigenvalue weighted by molar-refractivity contribution is 6.05. The maximum Gasteiger partial charge on any atom is 0.257 e. The predicted octanol–water partition coefficient (Wildman–Crippen LogP) is 4.27. The molecule has 0 atom stereocenters. The fourth-order valence-corrected chi connectivity index (χ4v) is 2.03. The number of amides is 1. The van der Waals surface area contributed by atoms with Gasteiger partial charge in [-0.05, 0) is 24.6 Å². The highest BCUT2D eigenvalue weighted by Crippen LogP contribution is 2.11. The second kappa shape index (κ2) is 8.63. The minimum absolute atomic E-state index is 0.161. The Labute approximate surface area is 131 Å². The third-order valence-corrected chi connectivity index (χ3v) is 3.23. The number of hydrogen-bond donors (Lipinski definition) is 1. The standard InChI is InChI=1S/C19H20N2O/c1-2-3-4-5-7-10-16-15-20-14-13-18(16)19(22)21-17-11-8-6-9-12-17/h6,8-9,11-15H,2-5H2,1H3,(H,21,22). The largest absolute Gasteiger partial charge is 0.322 e. The van der Waals surface area contributed by atoms with Crippen LogP contribution in [-0.2, 0) is 0 Å². The second-order valence-corrected chi connectivity index (χ2v) is 5.00. The molecule has 2 aromatic rings. The van der Waals surface area contributed by atoms with Gasteiger partial charge in [0.2, 0.25) is 0 Å². The van der Waals surface area contributed by atoms with Crippen LogP contribution < -0.4 is 5.32 Å².